The lowest BCUT2D eigenvalue weighted by atomic mass is 10.1. The minimum Gasteiger partial charge on any atom is -0.469 e. The number of carbonyl (C=O) groups is 2. The van der Waals surface area contributed by atoms with E-state index in [4.69, 9.17) is 0 Å². The first-order valence-corrected chi connectivity index (χ1v) is 6.64. The lowest BCUT2D eigenvalue weighted by molar-refractivity contribution is -0.148. The second-order valence-electron chi connectivity index (χ2n) is 5.00. The van der Waals surface area contributed by atoms with Crippen LogP contribution in [0.5, 0.6) is 0 Å². The second kappa shape index (κ2) is 6.82. The summed E-state index contributed by atoms with van der Waals surface area (Å²) in [6.45, 7) is 2.02. The van der Waals surface area contributed by atoms with Gasteiger partial charge in [-0.05, 0) is 19.8 Å². The Morgan fingerprint density at radius 3 is 2.53 bits per heavy atom. The highest BCUT2D eigenvalue weighted by Crippen LogP contribution is 2.33. The first kappa shape index (κ1) is 15.9. The number of unbranched alkanes of at least 4 members (excludes halogenated alkanes) is 3. The van der Waals surface area contributed by atoms with E-state index in [1.165, 1.54) is 12.0 Å². The standard InChI is InChI=1S/C13H21F2NO3/c1-10-9-13(14,15)12(18)16(10)8-6-4-3-5-7-11(17)19-2/h10H,3-9H2,1-2H3. The highest BCUT2D eigenvalue weighted by Gasteiger charge is 2.51. The number of hydrogen-bond donors (Lipinski definition) is 0. The Bertz CT molecular complexity index is 334. The largest absolute Gasteiger partial charge is 0.469 e. The summed E-state index contributed by atoms with van der Waals surface area (Å²) in [7, 11) is 1.35. The molecular weight excluding hydrogens is 256 g/mol. The highest BCUT2D eigenvalue weighted by molar-refractivity contribution is 5.86. The van der Waals surface area contributed by atoms with Crippen LogP contribution in [-0.4, -0.2) is 42.4 Å². The Kier molecular flexibility index (Phi) is 5.69. The van der Waals surface area contributed by atoms with Gasteiger partial charge in [-0.15, -0.1) is 0 Å². The van der Waals surface area contributed by atoms with Gasteiger partial charge in [-0.1, -0.05) is 12.8 Å². The average Bonchev–Trinajstić information content (AvgIpc) is 2.54. The molecule has 0 aromatic rings. The molecule has 110 valence electrons. The SMILES string of the molecule is COC(=O)CCCCCCN1C(=O)C(F)(F)CC1C. The summed E-state index contributed by atoms with van der Waals surface area (Å²) in [5.74, 6) is -4.47. The smallest absolute Gasteiger partial charge is 0.326 e. The number of nitrogens with zero attached hydrogens (tertiary/aromatic N) is 1. The molecule has 0 N–H and O–H groups in total. The van der Waals surface area contributed by atoms with Gasteiger partial charge in [0.25, 0.3) is 5.91 Å². The van der Waals surface area contributed by atoms with E-state index in [2.05, 4.69) is 4.74 Å². The van der Waals surface area contributed by atoms with Crippen LogP contribution in [0.25, 0.3) is 0 Å². The molecule has 19 heavy (non-hydrogen) atoms. The molecule has 1 saturated heterocycles. The first-order valence-electron chi connectivity index (χ1n) is 6.64. The van der Waals surface area contributed by atoms with Crippen molar-refractivity contribution in [2.75, 3.05) is 13.7 Å². The van der Waals surface area contributed by atoms with Crippen LogP contribution in [0.1, 0.15) is 45.4 Å². The van der Waals surface area contributed by atoms with Crippen molar-refractivity contribution in [1.29, 1.82) is 0 Å². The first-order chi connectivity index (χ1) is 8.88. The fourth-order valence-corrected chi connectivity index (χ4v) is 2.31. The normalized spacial score (nSPS) is 21.8. The Morgan fingerprint density at radius 2 is 2.00 bits per heavy atom. The number of rotatable bonds is 7. The number of likely N-dealkylation sites (tertiary alicyclic amines) is 1. The third-order valence-electron chi connectivity index (χ3n) is 3.42. The van der Waals surface area contributed by atoms with Crippen LogP contribution >= 0.6 is 0 Å². The number of esters is 1. The molecule has 1 rings (SSSR count). The quantitative estimate of drug-likeness (QED) is 0.530. The molecule has 1 fully saturated rings. The Morgan fingerprint density at radius 1 is 1.37 bits per heavy atom. The van der Waals surface area contributed by atoms with Crippen molar-refractivity contribution in [3.8, 4) is 0 Å². The maximum Gasteiger partial charge on any atom is 0.326 e. The number of ether oxygens (including phenoxy) is 1. The molecule has 4 nitrogen and oxygen atoms in total. The van der Waals surface area contributed by atoms with Gasteiger partial charge in [0.05, 0.1) is 7.11 Å². The van der Waals surface area contributed by atoms with Gasteiger partial charge in [0, 0.05) is 25.4 Å². The summed E-state index contributed by atoms with van der Waals surface area (Å²) in [6.07, 6.45) is 3.07. The van der Waals surface area contributed by atoms with Gasteiger partial charge in [-0.25, -0.2) is 0 Å². The van der Waals surface area contributed by atoms with Gasteiger partial charge in [-0.2, -0.15) is 8.78 Å². The molecule has 1 aliphatic heterocycles. The van der Waals surface area contributed by atoms with E-state index in [0.29, 0.717) is 19.4 Å². The van der Waals surface area contributed by atoms with Gasteiger partial charge in [0.2, 0.25) is 0 Å². The van der Waals surface area contributed by atoms with Gasteiger partial charge in [-0.3, -0.25) is 9.59 Å². The summed E-state index contributed by atoms with van der Waals surface area (Å²) in [6, 6.07) is -0.391. The molecule has 6 heteroatoms. The minimum atomic E-state index is -3.19. The summed E-state index contributed by atoms with van der Waals surface area (Å²) < 4.78 is 30.8. The fraction of sp³-hybridized carbons (Fsp3) is 0.846. The molecular formula is C13H21F2NO3. The molecule has 0 saturated carbocycles. The molecule has 1 unspecified atom stereocenters. The van der Waals surface area contributed by atoms with Gasteiger partial charge in [0.15, 0.2) is 0 Å². The molecule has 0 radical (unpaired) electrons. The molecule has 1 heterocycles. The molecule has 0 aliphatic carbocycles. The Balaban J connectivity index is 2.16. The predicted molar refractivity (Wildman–Crippen MR) is 65.8 cm³/mol. The van der Waals surface area contributed by atoms with Crippen molar-refractivity contribution < 1.29 is 23.1 Å². The monoisotopic (exact) mass is 277 g/mol. The molecule has 1 amide bonds. The predicted octanol–water partition coefficient (Wildman–Crippen LogP) is 2.37. The maximum absolute atomic E-state index is 13.2. The van der Waals surface area contributed by atoms with E-state index < -0.39 is 17.9 Å². The van der Waals surface area contributed by atoms with E-state index in [1.54, 1.807) is 6.92 Å². The summed E-state index contributed by atoms with van der Waals surface area (Å²) in [5, 5.41) is 0. The van der Waals surface area contributed by atoms with Crippen LogP contribution < -0.4 is 0 Å². The van der Waals surface area contributed by atoms with Crippen molar-refractivity contribution in [3.05, 3.63) is 0 Å². The molecule has 0 bridgehead atoms. The third kappa shape index (κ3) is 4.44. The van der Waals surface area contributed by atoms with Gasteiger partial charge >= 0.3 is 11.9 Å². The second-order valence-corrected chi connectivity index (χ2v) is 5.00. The number of halogens is 2. The lowest BCUT2D eigenvalue weighted by Crippen LogP contribution is -2.36. The zero-order valence-electron chi connectivity index (χ0n) is 11.5. The molecule has 0 aromatic carbocycles. The molecule has 1 atom stereocenters. The van der Waals surface area contributed by atoms with Crippen LogP contribution in [0.3, 0.4) is 0 Å². The average molecular weight is 277 g/mol. The maximum atomic E-state index is 13.2. The number of hydrogen-bond acceptors (Lipinski definition) is 3. The summed E-state index contributed by atoms with van der Waals surface area (Å²) >= 11 is 0. The number of amides is 1. The van der Waals surface area contributed by atoms with Crippen molar-refractivity contribution >= 4 is 11.9 Å². The van der Waals surface area contributed by atoms with E-state index in [1.807, 2.05) is 0 Å². The Hall–Kier alpha value is -1.20. The van der Waals surface area contributed by atoms with Crippen LogP contribution in [0.4, 0.5) is 8.78 Å². The molecule has 0 aromatic heterocycles. The summed E-state index contributed by atoms with van der Waals surface area (Å²) in [4.78, 5) is 23.5. The van der Waals surface area contributed by atoms with Crippen molar-refractivity contribution in [2.24, 2.45) is 0 Å². The minimum absolute atomic E-state index is 0.233. The van der Waals surface area contributed by atoms with Crippen LogP contribution in [0.2, 0.25) is 0 Å². The third-order valence-corrected chi connectivity index (χ3v) is 3.42. The van der Waals surface area contributed by atoms with Crippen molar-refractivity contribution in [1.82, 2.24) is 4.90 Å². The highest BCUT2D eigenvalue weighted by atomic mass is 19.3. The summed E-state index contributed by atoms with van der Waals surface area (Å²) in [5.41, 5.74) is 0. The lowest BCUT2D eigenvalue weighted by Gasteiger charge is -2.20. The number of alkyl halides is 2. The molecule has 1 aliphatic rings. The van der Waals surface area contributed by atoms with E-state index in [-0.39, 0.29) is 12.4 Å². The van der Waals surface area contributed by atoms with E-state index in [0.717, 1.165) is 19.3 Å². The zero-order chi connectivity index (χ0) is 14.5. The molecule has 0 spiro atoms. The fourth-order valence-electron chi connectivity index (χ4n) is 2.31. The van der Waals surface area contributed by atoms with Crippen LogP contribution in [0, 0.1) is 0 Å². The number of carbonyl (C=O) groups excluding carboxylic acids is 2. The zero-order valence-corrected chi connectivity index (χ0v) is 11.5. The van der Waals surface area contributed by atoms with Crippen molar-refractivity contribution in [2.45, 2.75) is 57.4 Å². The van der Waals surface area contributed by atoms with Gasteiger partial charge < -0.3 is 9.64 Å². The van der Waals surface area contributed by atoms with E-state index in [9.17, 15) is 18.4 Å². The Labute approximate surface area is 112 Å². The number of methoxy groups -OCH3 is 1. The van der Waals surface area contributed by atoms with Gasteiger partial charge in [0.1, 0.15) is 0 Å². The van der Waals surface area contributed by atoms with Crippen molar-refractivity contribution in [3.63, 3.8) is 0 Å². The van der Waals surface area contributed by atoms with Crippen LogP contribution in [-0.2, 0) is 14.3 Å². The topological polar surface area (TPSA) is 46.6 Å². The van der Waals surface area contributed by atoms with Crippen LogP contribution in [0.15, 0.2) is 0 Å². The van der Waals surface area contributed by atoms with E-state index >= 15 is 0 Å².